The molecule has 2 aromatic rings. The molecule has 0 saturated carbocycles. The molecule has 2 aromatic carbocycles. The number of hydrogen-bond donors (Lipinski definition) is 1. The molecule has 0 heterocycles. The van der Waals surface area contributed by atoms with Gasteiger partial charge in [-0.3, -0.25) is 9.59 Å². The van der Waals surface area contributed by atoms with Crippen LogP contribution in [0.25, 0.3) is 0 Å². The van der Waals surface area contributed by atoms with Gasteiger partial charge in [0.2, 0.25) is 0 Å². The first kappa shape index (κ1) is 22.2. The second-order valence-corrected chi connectivity index (χ2v) is 8.27. The van der Waals surface area contributed by atoms with Gasteiger partial charge in [-0.25, -0.2) is 8.42 Å². The van der Waals surface area contributed by atoms with E-state index < -0.39 is 34.1 Å². The van der Waals surface area contributed by atoms with Crippen molar-refractivity contribution < 1.29 is 32.2 Å². The number of sulfone groups is 1. The molecular weight excluding hydrogens is 398 g/mol. The van der Waals surface area contributed by atoms with Crippen molar-refractivity contribution in [1.82, 2.24) is 0 Å². The summed E-state index contributed by atoms with van der Waals surface area (Å²) in [4.78, 5) is 24.0. The summed E-state index contributed by atoms with van der Waals surface area (Å²) in [6, 6.07) is 11.2. The zero-order valence-electron chi connectivity index (χ0n) is 16.4. The van der Waals surface area contributed by atoms with Crippen LogP contribution in [0.1, 0.15) is 12.0 Å². The quantitative estimate of drug-likeness (QED) is 0.619. The van der Waals surface area contributed by atoms with Gasteiger partial charge in [0, 0.05) is 6.07 Å². The van der Waals surface area contributed by atoms with Crippen LogP contribution < -0.4 is 14.8 Å². The van der Waals surface area contributed by atoms with E-state index >= 15 is 0 Å². The third-order valence-electron chi connectivity index (χ3n) is 4.00. The van der Waals surface area contributed by atoms with Gasteiger partial charge in [-0.05, 0) is 31.2 Å². The second-order valence-electron chi connectivity index (χ2n) is 6.16. The minimum Gasteiger partial charge on any atom is -0.497 e. The van der Waals surface area contributed by atoms with Crippen molar-refractivity contribution in [3.05, 3.63) is 48.0 Å². The second kappa shape index (κ2) is 9.92. The van der Waals surface area contributed by atoms with Crippen molar-refractivity contribution >= 4 is 27.4 Å². The highest BCUT2D eigenvalue weighted by Gasteiger charge is 2.18. The van der Waals surface area contributed by atoms with Crippen LogP contribution in [0, 0.1) is 6.92 Å². The van der Waals surface area contributed by atoms with Crippen LogP contribution in [-0.4, -0.2) is 46.9 Å². The van der Waals surface area contributed by atoms with Crippen LogP contribution in [0.5, 0.6) is 11.5 Å². The fraction of sp³-hybridized carbons (Fsp3) is 0.300. The predicted octanol–water partition coefficient (Wildman–Crippen LogP) is 2.36. The van der Waals surface area contributed by atoms with Gasteiger partial charge in [-0.15, -0.1) is 0 Å². The van der Waals surface area contributed by atoms with Crippen molar-refractivity contribution in [3.63, 3.8) is 0 Å². The van der Waals surface area contributed by atoms with Gasteiger partial charge in [-0.2, -0.15) is 0 Å². The van der Waals surface area contributed by atoms with Crippen LogP contribution in [0.4, 0.5) is 5.69 Å². The Morgan fingerprint density at radius 3 is 2.31 bits per heavy atom. The zero-order chi connectivity index (χ0) is 21.4. The molecule has 0 aromatic heterocycles. The molecule has 0 aliphatic carbocycles. The number of carbonyl (C=O) groups excluding carboxylic acids is 2. The Bertz CT molecular complexity index is 969. The van der Waals surface area contributed by atoms with Crippen molar-refractivity contribution in [3.8, 4) is 11.5 Å². The van der Waals surface area contributed by atoms with Gasteiger partial charge in [0.25, 0.3) is 5.91 Å². The Morgan fingerprint density at radius 2 is 1.69 bits per heavy atom. The average molecular weight is 421 g/mol. The molecule has 0 radical (unpaired) electrons. The number of esters is 1. The Morgan fingerprint density at radius 1 is 1.00 bits per heavy atom. The minimum atomic E-state index is -3.60. The summed E-state index contributed by atoms with van der Waals surface area (Å²) >= 11 is 0. The van der Waals surface area contributed by atoms with E-state index in [2.05, 4.69) is 5.32 Å². The lowest BCUT2D eigenvalue weighted by molar-refractivity contribution is -0.146. The molecule has 1 N–H and O–H groups in total. The molecule has 1 amide bonds. The predicted molar refractivity (Wildman–Crippen MR) is 107 cm³/mol. The highest BCUT2D eigenvalue weighted by Crippen LogP contribution is 2.28. The molecular formula is C20H23NO7S. The zero-order valence-corrected chi connectivity index (χ0v) is 17.2. The Balaban J connectivity index is 1.84. The summed E-state index contributed by atoms with van der Waals surface area (Å²) < 4.78 is 39.6. The molecule has 0 aliphatic heterocycles. The lowest BCUT2D eigenvalue weighted by Crippen LogP contribution is -2.22. The van der Waals surface area contributed by atoms with E-state index in [4.69, 9.17) is 14.2 Å². The van der Waals surface area contributed by atoms with Crippen LogP contribution >= 0.6 is 0 Å². The fourth-order valence-corrected chi connectivity index (χ4v) is 3.61. The maximum atomic E-state index is 12.2. The van der Waals surface area contributed by atoms with Gasteiger partial charge in [0.05, 0.1) is 37.0 Å². The van der Waals surface area contributed by atoms with Crippen molar-refractivity contribution in [2.75, 3.05) is 31.9 Å². The number of ether oxygens (including phenoxy) is 3. The minimum absolute atomic E-state index is 0.139. The molecule has 156 valence electrons. The summed E-state index contributed by atoms with van der Waals surface area (Å²) in [5.74, 6) is -0.821. The Hall–Kier alpha value is -3.07. The van der Waals surface area contributed by atoms with E-state index in [0.29, 0.717) is 17.2 Å². The normalized spacial score (nSPS) is 10.9. The van der Waals surface area contributed by atoms with Crippen molar-refractivity contribution in [2.24, 2.45) is 0 Å². The van der Waals surface area contributed by atoms with Crippen molar-refractivity contribution in [1.29, 1.82) is 0 Å². The molecule has 0 bridgehead atoms. The third-order valence-corrected chi connectivity index (χ3v) is 5.73. The monoisotopic (exact) mass is 421 g/mol. The van der Waals surface area contributed by atoms with E-state index in [-0.39, 0.29) is 11.3 Å². The van der Waals surface area contributed by atoms with E-state index in [1.807, 2.05) is 6.92 Å². The van der Waals surface area contributed by atoms with E-state index in [0.717, 1.165) is 5.56 Å². The van der Waals surface area contributed by atoms with E-state index in [9.17, 15) is 18.0 Å². The molecule has 0 fully saturated rings. The number of methoxy groups -OCH3 is 2. The fourth-order valence-electron chi connectivity index (χ4n) is 2.39. The molecule has 0 aliphatic rings. The van der Waals surface area contributed by atoms with Gasteiger partial charge >= 0.3 is 5.97 Å². The highest BCUT2D eigenvalue weighted by molar-refractivity contribution is 7.91. The molecule has 9 heteroatoms. The summed E-state index contributed by atoms with van der Waals surface area (Å²) in [6.07, 6.45) is -0.352. The first-order valence-corrected chi connectivity index (χ1v) is 10.4. The van der Waals surface area contributed by atoms with Crippen LogP contribution in [-0.2, 0) is 24.2 Å². The number of amides is 1. The average Bonchev–Trinajstić information content (AvgIpc) is 2.71. The molecule has 2 rings (SSSR count). The maximum Gasteiger partial charge on any atom is 0.307 e. The number of anilines is 1. The van der Waals surface area contributed by atoms with E-state index in [1.165, 1.54) is 26.4 Å². The van der Waals surface area contributed by atoms with Gasteiger partial charge in [0.15, 0.2) is 16.4 Å². The standard InChI is InChI=1S/C20H23NO7S/c1-14-4-7-16(8-5-14)29(24,25)11-10-20(23)28-13-19(22)21-17-9-6-15(26-2)12-18(17)27-3/h4-9,12H,10-11,13H2,1-3H3,(H,21,22). The molecule has 0 spiro atoms. The molecule has 29 heavy (non-hydrogen) atoms. The largest absolute Gasteiger partial charge is 0.497 e. The Labute approximate surface area is 169 Å². The van der Waals surface area contributed by atoms with Crippen LogP contribution in [0.2, 0.25) is 0 Å². The maximum absolute atomic E-state index is 12.2. The summed E-state index contributed by atoms with van der Waals surface area (Å²) in [5.41, 5.74) is 1.32. The topological polar surface area (TPSA) is 108 Å². The first-order valence-electron chi connectivity index (χ1n) is 8.72. The molecule has 0 unspecified atom stereocenters. The van der Waals surface area contributed by atoms with Gasteiger partial charge < -0.3 is 19.5 Å². The highest BCUT2D eigenvalue weighted by atomic mass is 32.2. The van der Waals surface area contributed by atoms with Crippen molar-refractivity contribution in [2.45, 2.75) is 18.2 Å². The lowest BCUT2D eigenvalue weighted by atomic mass is 10.2. The van der Waals surface area contributed by atoms with Gasteiger partial charge in [0.1, 0.15) is 11.5 Å². The van der Waals surface area contributed by atoms with E-state index in [1.54, 1.807) is 30.3 Å². The molecule has 0 saturated heterocycles. The number of benzene rings is 2. The summed E-state index contributed by atoms with van der Waals surface area (Å²) in [6.45, 7) is 1.30. The number of hydrogen-bond acceptors (Lipinski definition) is 7. The summed E-state index contributed by atoms with van der Waals surface area (Å²) in [7, 11) is -0.656. The Kier molecular flexibility index (Phi) is 7.60. The number of carbonyl (C=O) groups is 2. The lowest BCUT2D eigenvalue weighted by Gasteiger charge is -2.12. The number of nitrogens with one attached hydrogen (secondary N) is 1. The van der Waals surface area contributed by atoms with Crippen LogP contribution in [0.3, 0.4) is 0 Å². The smallest absolute Gasteiger partial charge is 0.307 e. The SMILES string of the molecule is COc1ccc(NC(=O)COC(=O)CCS(=O)(=O)c2ccc(C)cc2)c(OC)c1. The van der Waals surface area contributed by atoms with Gasteiger partial charge in [-0.1, -0.05) is 17.7 Å². The number of aryl methyl sites for hydroxylation is 1. The third kappa shape index (κ3) is 6.49. The number of rotatable bonds is 9. The van der Waals surface area contributed by atoms with Crippen LogP contribution in [0.15, 0.2) is 47.4 Å². The molecule has 8 nitrogen and oxygen atoms in total. The first-order chi connectivity index (χ1) is 13.7. The summed E-state index contributed by atoms with van der Waals surface area (Å²) in [5, 5.41) is 2.56. The molecule has 0 atom stereocenters.